The van der Waals surface area contributed by atoms with Gasteiger partial charge in [-0.3, -0.25) is 13.9 Å². The molecule has 0 aromatic heterocycles. The Hall–Kier alpha value is -2.38. The number of carboxylic acid groups (broad SMARTS) is 1. The summed E-state index contributed by atoms with van der Waals surface area (Å²) in [5.41, 5.74) is 0.683. The lowest BCUT2D eigenvalue weighted by Gasteiger charge is -2.42. The minimum absolute atomic E-state index is 0.00788. The third-order valence-corrected chi connectivity index (χ3v) is 7.85. The monoisotopic (exact) mass is 443 g/mol. The third-order valence-electron chi connectivity index (χ3n) is 7.85. The molecule has 0 spiro atoms. The van der Waals surface area contributed by atoms with Gasteiger partial charge in [-0.05, 0) is 49.9 Å². The van der Waals surface area contributed by atoms with Crippen LogP contribution in [0.5, 0.6) is 0 Å². The number of hydrogen-bond donors (Lipinski definition) is 2. The maximum absolute atomic E-state index is 13.3. The lowest BCUT2D eigenvalue weighted by atomic mass is 9.63. The van der Waals surface area contributed by atoms with E-state index in [1.165, 1.54) is 0 Å². The van der Waals surface area contributed by atoms with Gasteiger partial charge in [0.1, 0.15) is 17.3 Å². The predicted molar refractivity (Wildman–Crippen MR) is 124 cm³/mol. The average molecular weight is 444 g/mol. The number of rotatable bonds is 7. The topological polar surface area (TPSA) is 102 Å². The average Bonchev–Trinajstić information content (AvgIpc) is 3.38. The molecule has 3 heterocycles. The summed E-state index contributed by atoms with van der Waals surface area (Å²) in [5, 5.41) is 12.6. The molecule has 8 nitrogen and oxygen atoms in total. The molecule has 4 aliphatic rings. The summed E-state index contributed by atoms with van der Waals surface area (Å²) in [7, 11) is 0. The van der Waals surface area contributed by atoms with Gasteiger partial charge in [0, 0.05) is 31.0 Å². The van der Waals surface area contributed by atoms with E-state index in [1.807, 2.05) is 4.57 Å². The second kappa shape index (κ2) is 8.19. The van der Waals surface area contributed by atoms with Gasteiger partial charge >= 0.3 is 11.7 Å². The van der Waals surface area contributed by atoms with Crippen LogP contribution in [0.1, 0.15) is 85.4 Å². The summed E-state index contributed by atoms with van der Waals surface area (Å²) < 4.78 is 3.64. The normalized spacial score (nSPS) is 27.6. The molecule has 0 aromatic carbocycles. The van der Waals surface area contributed by atoms with Crippen molar-refractivity contribution in [3.05, 3.63) is 16.3 Å². The second-order valence-electron chi connectivity index (χ2n) is 10.9. The van der Waals surface area contributed by atoms with Gasteiger partial charge in [-0.25, -0.2) is 14.8 Å². The highest BCUT2D eigenvalue weighted by Gasteiger charge is 2.42. The van der Waals surface area contributed by atoms with E-state index in [4.69, 9.17) is 15.1 Å². The molecule has 0 unspecified atom stereocenters. The Morgan fingerprint density at radius 1 is 1.22 bits per heavy atom. The van der Waals surface area contributed by atoms with E-state index in [9.17, 15) is 9.59 Å². The molecular weight excluding hydrogens is 406 g/mol. The van der Waals surface area contributed by atoms with E-state index in [2.05, 4.69) is 39.9 Å². The maximum atomic E-state index is 13.3. The molecule has 176 valence electrons. The molecule has 0 saturated heterocycles. The van der Waals surface area contributed by atoms with Crippen molar-refractivity contribution >= 4 is 11.8 Å². The number of nitrogens with zero attached hydrogens (tertiary/aromatic N) is 4. The number of imidazole rings is 1. The van der Waals surface area contributed by atoms with Crippen LogP contribution in [0.2, 0.25) is 0 Å². The Morgan fingerprint density at radius 3 is 2.50 bits per heavy atom. The molecule has 1 fully saturated rings. The lowest BCUT2D eigenvalue weighted by Crippen LogP contribution is -2.35. The number of hydrogen-bond acceptors (Lipinski definition) is 5. The van der Waals surface area contributed by atoms with Crippen molar-refractivity contribution in [2.75, 3.05) is 5.32 Å². The van der Waals surface area contributed by atoms with E-state index in [1.54, 1.807) is 4.57 Å². The van der Waals surface area contributed by atoms with E-state index >= 15 is 0 Å². The summed E-state index contributed by atoms with van der Waals surface area (Å²) in [6.45, 7) is 12.1. The van der Waals surface area contributed by atoms with Crippen LogP contribution >= 0.6 is 0 Å². The minimum Gasteiger partial charge on any atom is -0.481 e. The zero-order chi connectivity index (χ0) is 23.3. The molecule has 3 aliphatic heterocycles. The van der Waals surface area contributed by atoms with Gasteiger partial charge in [-0.2, -0.15) is 0 Å². The van der Waals surface area contributed by atoms with E-state index in [0.29, 0.717) is 31.3 Å². The van der Waals surface area contributed by atoms with Gasteiger partial charge in [0.15, 0.2) is 5.82 Å². The fourth-order valence-corrected chi connectivity index (χ4v) is 5.23. The number of aromatic nitrogens is 4. The van der Waals surface area contributed by atoms with Crippen molar-refractivity contribution in [3.63, 3.8) is 0 Å². The lowest BCUT2D eigenvalue weighted by molar-refractivity contribution is -0.137. The Labute approximate surface area is 189 Å². The minimum atomic E-state index is -0.724. The smallest absolute Gasteiger partial charge is 0.331 e. The molecule has 0 bridgehead atoms. The predicted octanol–water partition coefficient (Wildman–Crippen LogP) is 4.11. The van der Waals surface area contributed by atoms with Crippen molar-refractivity contribution in [3.8, 4) is 11.5 Å². The van der Waals surface area contributed by atoms with Crippen LogP contribution in [-0.2, 0) is 23.3 Å². The van der Waals surface area contributed by atoms with E-state index in [0.717, 1.165) is 49.4 Å². The Bertz CT molecular complexity index is 1030. The van der Waals surface area contributed by atoms with Crippen molar-refractivity contribution in [2.24, 2.45) is 11.3 Å². The largest absolute Gasteiger partial charge is 0.481 e. The maximum Gasteiger partial charge on any atom is 0.331 e. The zero-order valence-electron chi connectivity index (χ0n) is 20.1. The van der Waals surface area contributed by atoms with Crippen LogP contribution in [0.4, 0.5) is 5.82 Å². The highest BCUT2D eigenvalue weighted by atomic mass is 16.4. The number of fused-ring (bicyclic) bond motifs is 3. The number of carbonyl (C=O) groups is 1. The summed E-state index contributed by atoms with van der Waals surface area (Å²) in [6.07, 6.45) is 5.57. The van der Waals surface area contributed by atoms with Gasteiger partial charge in [-0.1, -0.05) is 34.6 Å². The number of anilines is 1. The number of aliphatic carboxylic acids is 1. The van der Waals surface area contributed by atoms with Crippen LogP contribution in [0.25, 0.3) is 11.5 Å². The van der Waals surface area contributed by atoms with Gasteiger partial charge in [-0.15, -0.1) is 0 Å². The van der Waals surface area contributed by atoms with Crippen molar-refractivity contribution in [1.82, 2.24) is 19.1 Å². The Balaban J connectivity index is 1.69. The van der Waals surface area contributed by atoms with Crippen molar-refractivity contribution in [1.29, 1.82) is 0 Å². The molecule has 32 heavy (non-hydrogen) atoms. The Kier molecular flexibility index (Phi) is 5.84. The molecule has 0 amide bonds. The van der Waals surface area contributed by atoms with Gasteiger partial charge in [0.25, 0.3) is 0 Å². The van der Waals surface area contributed by atoms with Crippen molar-refractivity contribution in [2.45, 2.75) is 104 Å². The summed E-state index contributed by atoms with van der Waals surface area (Å²) in [6, 6.07) is 0.212. The van der Waals surface area contributed by atoms with Gasteiger partial charge in [0.2, 0.25) is 0 Å². The quantitative estimate of drug-likeness (QED) is 0.668. The molecule has 8 heteroatoms. The molecule has 4 rings (SSSR count). The standard InChI is InChI=1S/C24H37N5O3/c1-6-13-28-20-18(19-25-16(15(2)3)14-29(19)22(28)32)26-21(27-20)24(5)11-9-23(4,10-12-24)8-7-17(30)31/h15-16,25H,6-14H2,1-5H3,(H,30,31)/t16-,23?,24?/m0/s1. The van der Waals surface area contributed by atoms with Crippen LogP contribution < -0.4 is 11.0 Å². The van der Waals surface area contributed by atoms with Gasteiger partial charge < -0.3 is 10.4 Å². The fraction of sp³-hybridized carbons (Fsp3) is 0.750. The van der Waals surface area contributed by atoms with Gasteiger partial charge in [0.05, 0.1) is 0 Å². The van der Waals surface area contributed by atoms with E-state index < -0.39 is 5.97 Å². The van der Waals surface area contributed by atoms with Crippen LogP contribution in [0.3, 0.4) is 0 Å². The number of carboxylic acids is 1. The molecule has 1 aliphatic carbocycles. The molecule has 0 radical (unpaired) electrons. The highest BCUT2D eigenvalue weighted by molar-refractivity contribution is 5.70. The van der Waals surface area contributed by atoms with Crippen LogP contribution in [0.15, 0.2) is 4.79 Å². The second-order valence-corrected chi connectivity index (χ2v) is 10.9. The van der Waals surface area contributed by atoms with Crippen LogP contribution in [0, 0.1) is 11.3 Å². The SMILES string of the molecule is CCCn1c2nc(C3(C)CCC(C)(CCC(=O)O)CC3)nc-2c2n(c1=O)C[C@@H](C(C)C)N2. The molecule has 1 saturated carbocycles. The molecule has 0 aromatic rings. The summed E-state index contributed by atoms with van der Waals surface area (Å²) in [5.74, 6) is 2.00. The summed E-state index contributed by atoms with van der Waals surface area (Å²) in [4.78, 5) is 34.3. The van der Waals surface area contributed by atoms with Crippen molar-refractivity contribution < 1.29 is 9.90 Å². The van der Waals surface area contributed by atoms with Crippen LogP contribution in [-0.4, -0.2) is 36.2 Å². The molecule has 1 atom stereocenters. The zero-order valence-corrected chi connectivity index (χ0v) is 20.1. The first-order valence-electron chi connectivity index (χ1n) is 12.1. The first kappa shape index (κ1) is 22.8. The fourth-order valence-electron chi connectivity index (χ4n) is 5.23. The third kappa shape index (κ3) is 3.92. The van der Waals surface area contributed by atoms with E-state index in [-0.39, 0.29) is 29.0 Å². The highest BCUT2D eigenvalue weighted by Crippen LogP contribution is 2.49. The Morgan fingerprint density at radius 2 is 1.91 bits per heavy atom. The number of nitrogens with one attached hydrogen (secondary N) is 1. The molecular formula is C24H37N5O3. The summed E-state index contributed by atoms with van der Waals surface area (Å²) >= 11 is 0. The first-order valence-corrected chi connectivity index (χ1v) is 12.1. The first-order chi connectivity index (χ1) is 15.1. The molecule has 2 N–H and O–H groups in total.